The van der Waals surface area contributed by atoms with E-state index in [1.807, 2.05) is 43.3 Å². The molecule has 0 unspecified atom stereocenters. The van der Waals surface area contributed by atoms with Gasteiger partial charge in [-0.05, 0) is 42.8 Å². The average Bonchev–Trinajstić information content (AvgIpc) is 3.26. The number of nitrogens with zero attached hydrogens (tertiary/aromatic N) is 3. The molecule has 4 heterocycles. The Balaban J connectivity index is 1.75. The molecule has 0 saturated heterocycles. The fraction of sp³-hybridized carbons (Fsp3) is 0.0500. The zero-order valence-corrected chi connectivity index (χ0v) is 13.9. The van der Waals surface area contributed by atoms with Crippen LogP contribution in [0.4, 0.5) is 0 Å². The number of aryl methyl sites for hydroxylation is 1. The number of nitrogens with one attached hydrogen (secondary N) is 1. The summed E-state index contributed by atoms with van der Waals surface area (Å²) in [5.41, 5.74) is 5.28. The molecule has 0 spiro atoms. The molecule has 0 atom stereocenters. The second-order valence-electron chi connectivity index (χ2n) is 6.17. The van der Waals surface area contributed by atoms with E-state index in [1.165, 1.54) is 10.6 Å². The predicted molar refractivity (Wildman–Crippen MR) is 99.0 cm³/mol. The largest absolute Gasteiger partial charge is 0.464 e. The molecule has 1 N–H and O–H groups in total. The molecule has 0 aliphatic heterocycles. The van der Waals surface area contributed by atoms with Gasteiger partial charge in [-0.2, -0.15) is 0 Å². The molecular weight excluding hydrogens is 328 g/mol. The highest BCUT2D eigenvalue weighted by atomic mass is 16.3. The molecular formula is C20H14N4O2. The smallest absolute Gasteiger partial charge is 0.273 e. The van der Waals surface area contributed by atoms with Gasteiger partial charge in [0.05, 0.1) is 23.2 Å². The maximum Gasteiger partial charge on any atom is 0.273 e. The summed E-state index contributed by atoms with van der Waals surface area (Å²) in [6, 6.07) is 13.0. The van der Waals surface area contributed by atoms with E-state index in [4.69, 9.17) is 9.40 Å². The third-order valence-electron chi connectivity index (χ3n) is 4.50. The minimum Gasteiger partial charge on any atom is -0.464 e. The van der Waals surface area contributed by atoms with Crippen molar-refractivity contribution in [3.05, 3.63) is 77.0 Å². The van der Waals surface area contributed by atoms with Crippen molar-refractivity contribution in [1.82, 2.24) is 19.6 Å². The number of furan rings is 1. The summed E-state index contributed by atoms with van der Waals surface area (Å²) in [6.45, 7) is 1.99. The van der Waals surface area contributed by atoms with Crippen LogP contribution in [0, 0.1) is 6.92 Å². The first kappa shape index (κ1) is 14.7. The van der Waals surface area contributed by atoms with Gasteiger partial charge in [0.15, 0.2) is 5.65 Å². The number of hydrogen-bond acceptors (Lipinski definition) is 4. The number of rotatable bonds is 2. The van der Waals surface area contributed by atoms with Gasteiger partial charge in [-0.25, -0.2) is 9.50 Å². The van der Waals surface area contributed by atoms with Crippen LogP contribution in [0.5, 0.6) is 0 Å². The molecule has 0 aliphatic carbocycles. The summed E-state index contributed by atoms with van der Waals surface area (Å²) >= 11 is 0. The van der Waals surface area contributed by atoms with Crippen LogP contribution in [0.15, 0.2) is 70.3 Å². The molecule has 4 aromatic heterocycles. The maximum absolute atomic E-state index is 12.6. The summed E-state index contributed by atoms with van der Waals surface area (Å²) in [4.78, 5) is 21.6. The molecule has 0 bridgehead atoms. The lowest BCUT2D eigenvalue weighted by Gasteiger charge is -2.03. The van der Waals surface area contributed by atoms with Crippen molar-refractivity contribution in [3.8, 4) is 22.5 Å². The van der Waals surface area contributed by atoms with Crippen LogP contribution >= 0.6 is 0 Å². The van der Waals surface area contributed by atoms with Gasteiger partial charge < -0.3 is 4.42 Å². The van der Waals surface area contributed by atoms with E-state index < -0.39 is 0 Å². The summed E-state index contributed by atoms with van der Waals surface area (Å²) in [7, 11) is 0. The SMILES string of the molecule is Cc1coc2ccc(-c3cc(=O)n4[nH]cc(-c5ccccn5)c4n3)cc12. The lowest BCUT2D eigenvalue weighted by atomic mass is 10.1. The van der Waals surface area contributed by atoms with Gasteiger partial charge in [0, 0.05) is 29.4 Å². The molecule has 126 valence electrons. The second kappa shape index (κ2) is 5.42. The molecule has 0 aliphatic rings. The first-order chi connectivity index (χ1) is 12.7. The van der Waals surface area contributed by atoms with Gasteiger partial charge in [0.2, 0.25) is 0 Å². The zero-order chi connectivity index (χ0) is 17.7. The quantitative estimate of drug-likeness (QED) is 0.529. The monoisotopic (exact) mass is 342 g/mol. The third kappa shape index (κ3) is 2.16. The average molecular weight is 342 g/mol. The standard InChI is InChI=1S/C20H14N4O2/c1-12-11-26-18-6-5-13(8-14(12)18)17-9-19(25)24-20(23-17)15(10-22-24)16-4-2-3-7-21-16/h2-11,22H,1H3. The van der Waals surface area contributed by atoms with E-state index >= 15 is 0 Å². The van der Waals surface area contributed by atoms with Gasteiger partial charge in [0.1, 0.15) is 5.58 Å². The normalized spacial score (nSPS) is 11.4. The number of fused-ring (bicyclic) bond motifs is 2. The lowest BCUT2D eigenvalue weighted by Crippen LogP contribution is -2.14. The van der Waals surface area contributed by atoms with Gasteiger partial charge in [-0.15, -0.1) is 0 Å². The van der Waals surface area contributed by atoms with E-state index in [-0.39, 0.29) is 5.56 Å². The molecule has 1 aromatic carbocycles. The van der Waals surface area contributed by atoms with Crippen LogP contribution in [0.1, 0.15) is 5.56 Å². The van der Waals surface area contributed by atoms with Crippen LogP contribution in [0.2, 0.25) is 0 Å². The number of H-pyrrole nitrogens is 1. The highest BCUT2D eigenvalue weighted by Crippen LogP contribution is 2.27. The molecule has 26 heavy (non-hydrogen) atoms. The number of aromatic nitrogens is 4. The first-order valence-electron chi connectivity index (χ1n) is 8.21. The number of hydrogen-bond donors (Lipinski definition) is 1. The van der Waals surface area contributed by atoms with E-state index in [1.54, 1.807) is 18.7 Å². The maximum atomic E-state index is 12.6. The Labute approximate surface area is 147 Å². The number of benzene rings is 1. The Hall–Kier alpha value is -3.67. The summed E-state index contributed by atoms with van der Waals surface area (Å²) in [5, 5.41) is 3.97. The van der Waals surface area contributed by atoms with Gasteiger partial charge in [0.25, 0.3) is 5.56 Å². The molecule has 5 aromatic rings. The van der Waals surface area contributed by atoms with E-state index in [0.717, 1.165) is 33.4 Å². The Morgan fingerprint density at radius 2 is 2.04 bits per heavy atom. The fourth-order valence-corrected chi connectivity index (χ4v) is 3.16. The molecule has 0 radical (unpaired) electrons. The second-order valence-corrected chi connectivity index (χ2v) is 6.17. The minimum atomic E-state index is -0.170. The van der Waals surface area contributed by atoms with Crippen LogP contribution in [-0.4, -0.2) is 19.6 Å². The summed E-state index contributed by atoms with van der Waals surface area (Å²) in [6.07, 6.45) is 5.20. The molecule has 6 nitrogen and oxygen atoms in total. The molecule has 0 saturated carbocycles. The van der Waals surface area contributed by atoms with E-state index in [9.17, 15) is 4.79 Å². The molecule has 0 amide bonds. The first-order valence-corrected chi connectivity index (χ1v) is 8.21. The lowest BCUT2D eigenvalue weighted by molar-refractivity contribution is 0.613. The van der Waals surface area contributed by atoms with Crippen molar-refractivity contribution in [2.24, 2.45) is 0 Å². The minimum absolute atomic E-state index is 0.170. The Bertz CT molecular complexity index is 1310. The third-order valence-corrected chi connectivity index (χ3v) is 4.50. The topological polar surface area (TPSA) is 76.2 Å². The summed E-state index contributed by atoms with van der Waals surface area (Å²) in [5.74, 6) is 0. The zero-order valence-electron chi connectivity index (χ0n) is 13.9. The van der Waals surface area contributed by atoms with Crippen molar-refractivity contribution >= 4 is 16.6 Å². The van der Waals surface area contributed by atoms with Gasteiger partial charge in [-0.3, -0.25) is 14.9 Å². The number of pyridine rings is 1. The number of aromatic amines is 1. The van der Waals surface area contributed by atoms with Crippen LogP contribution in [-0.2, 0) is 0 Å². The van der Waals surface area contributed by atoms with Gasteiger partial charge in [-0.1, -0.05) is 6.07 Å². The fourth-order valence-electron chi connectivity index (χ4n) is 3.16. The van der Waals surface area contributed by atoms with Crippen molar-refractivity contribution in [3.63, 3.8) is 0 Å². The van der Waals surface area contributed by atoms with Crippen LogP contribution in [0.25, 0.3) is 39.1 Å². The highest BCUT2D eigenvalue weighted by Gasteiger charge is 2.13. The Kier molecular flexibility index (Phi) is 3.05. The predicted octanol–water partition coefficient (Wildman–Crippen LogP) is 3.81. The molecule has 5 rings (SSSR count). The molecule has 6 heteroatoms. The van der Waals surface area contributed by atoms with Crippen LogP contribution in [0.3, 0.4) is 0 Å². The van der Waals surface area contributed by atoms with E-state index in [0.29, 0.717) is 11.3 Å². The van der Waals surface area contributed by atoms with E-state index in [2.05, 4.69) is 10.1 Å². The highest BCUT2D eigenvalue weighted by molar-refractivity contribution is 5.86. The van der Waals surface area contributed by atoms with Crippen molar-refractivity contribution < 1.29 is 4.42 Å². The van der Waals surface area contributed by atoms with Gasteiger partial charge >= 0.3 is 0 Å². The van der Waals surface area contributed by atoms with Crippen molar-refractivity contribution in [2.45, 2.75) is 6.92 Å². The Morgan fingerprint density at radius 1 is 1.12 bits per heavy atom. The Morgan fingerprint density at radius 3 is 2.88 bits per heavy atom. The molecule has 0 fully saturated rings. The van der Waals surface area contributed by atoms with Crippen molar-refractivity contribution in [2.75, 3.05) is 0 Å². The van der Waals surface area contributed by atoms with Crippen molar-refractivity contribution in [1.29, 1.82) is 0 Å². The van der Waals surface area contributed by atoms with Crippen LogP contribution < -0.4 is 5.56 Å². The summed E-state index contributed by atoms with van der Waals surface area (Å²) < 4.78 is 6.92.